The molecule has 1 heterocycles. The lowest BCUT2D eigenvalue weighted by Crippen LogP contribution is -2.59. The largest absolute Gasteiger partial charge is 0.444 e. The van der Waals surface area contributed by atoms with E-state index in [1.165, 1.54) is 4.90 Å². The van der Waals surface area contributed by atoms with Crippen molar-refractivity contribution in [3.05, 3.63) is 0 Å². The summed E-state index contributed by atoms with van der Waals surface area (Å²) >= 11 is 0. The maximum absolute atomic E-state index is 14.0. The van der Waals surface area contributed by atoms with Crippen LogP contribution in [0.1, 0.15) is 100 Å². The van der Waals surface area contributed by atoms with E-state index in [0.29, 0.717) is 25.3 Å². The Balaban J connectivity index is 2.30. The van der Waals surface area contributed by atoms with Crippen LogP contribution in [0, 0.1) is 23.2 Å². The molecule has 2 aliphatic rings. The van der Waals surface area contributed by atoms with Gasteiger partial charge < -0.3 is 26.0 Å². The fourth-order valence-corrected chi connectivity index (χ4v) is 5.17. The highest BCUT2D eigenvalue weighted by Crippen LogP contribution is 2.33. The van der Waals surface area contributed by atoms with E-state index < -0.39 is 52.8 Å². The number of carbonyl (C=O) groups is 5. The Kier molecular flexibility index (Phi) is 11.0. The van der Waals surface area contributed by atoms with Crippen LogP contribution in [0.4, 0.5) is 4.79 Å². The molecule has 2 rings (SSSR count). The standard InChI is InChI=1S/C29H50N4O6/c1-17(2)12-13-19-15-21(25(36)31-20(22(34)24(30)35)14-18-10-9-11-18)33(16-19)26(37)23(28(3,4)5)32-27(38)39-29(6,7)8/h17-21,23H,9-16H2,1-8H3,(H2,30,35)(H,31,36)(H,32,38)/t19-,20?,21-,23+/m0/s1. The van der Waals surface area contributed by atoms with Gasteiger partial charge in [-0.25, -0.2) is 4.79 Å². The van der Waals surface area contributed by atoms with Gasteiger partial charge in [0.05, 0.1) is 6.04 Å². The number of nitrogens with one attached hydrogen (secondary N) is 2. The molecule has 4 N–H and O–H groups in total. The van der Waals surface area contributed by atoms with E-state index in [9.17, 15) is 24.0 Å². The molecule has 1 aliphatic carbocycles. The van der Waals surface area contributed by atoms with E-state index in [0.717, 1.165) is 32.1 Å². The molecule has 222 valence electrons. The molecule has 39 heavy (non-hydrogen) atoms. The molecule has 0 aromatic carbocycles. The summed E-state index contributed by atoms with van der Waals surface area (Å²) in [4.78, 5) is 66.1. The number of hydrogen-bond acceptors (Lipinski definition) is 6. The number of ketones is 1. The maximum atomic E-state index is 14.0. The van der Waals surface area contributed by atoms with Crippen molar-refractivity contribution >= 4 is 29.6 Å². The van der Waals surface area contributed by atoms with Gasteiger partial charge in [-0.3, -0.25) is 19.2 Å². The van der Waals surface area contributed by atoms with Crippen molar-refractivity contribution in [1.82, 2.24) is 15.5 Å². The first kappa shape index (κ1) is 32.6. The minimum Gasteiger partial charge on any atom is -0.444 e. The molecule has 4 atom stereocenters. The number of likely N-dealkylation sites (tertiary alicyclic amines) is 1. The Labute approximate surface area is 233 Å². The zero-order chi connectivity index (χ0) is 29.7. The van der Waals surface area contributed by atoms with Crippen molar-refractivity contribution in [2.24, 2.45) is 28.9 Å². The third-order valence-corrected chi connectivity index (χ3v) is 7.57. The summed E-state index contributed by atoms with van der Waals surface area (Å²) in [7, 11) is 0. The van der Waals surface area contributed by atoms with Crippen LogP contribution < -0.4 is 16.4 Å². The van der Waals surface area contributed by atoms with Gasteiger partial charge in [0.25, 0.3) is 5.91 Å². The van der Waals surface area contributed by atoms with Crippen LogP contribution >= 0.6 is 0 Å². The predicted molar refractivity (Wildman–Crippen MR) is 148 cm³/mol. The summed E-state index contributed by atoms with van der Waals surface area (Å²) in [5.74, 6) is -1.94. The Hall–Kier alpha value is -2.65. The van der Waals surface area contributed by atoms with Gasteiger partial charge in [0.1, 0.15) is 17.7 Å². The smallest absolute Gasteiger partial charge is 0.408 e. The highest BCUT2D eigenvalue weighted by Gasteiger charge is 2.46. The molecular formula is C29H50N4O6. The number of alkyl carbamates (subject to hydrolysis) is 1. The molecule has 1 aliphatic heterocycles. The molecule has 10 heteroatoms. The lowest BCUT2D eigenvalue weighted by atomic mass is 9.80. The van der Waals surface area contributed by atoms with Gasteiger partial charge >= 0.3 is 6.09 Å². The van der Waals surface area contributed by atoms with Crippen molar-refractivity contribution in [3.8, 4) is 0 Å². The second-order valence-corrected chi connectivity index (χ2v) is 13.8. The van der Waals surface area contributed by atoms with Gasteiger partial charge in [0.15, 0.2) is 0 Å². The Bertz CT molecular complexity index is 916. The highest BCUT2D eigenvalue weighted by molar-refractivity contribution is 6.37. The van der Waals surface area contributed by atoms with E-state index in [1.54, 1.807) is 20.8 Å². The van der Waals surface area contributed by atoms with Gasteiger partial charge in [-0.15, -0.1) is 0 Å². The van der Waals surface area contributed by atoms with Gasteiger partial charge in [-0.1, -0.05) is 60.3 Å². The minimum atomic E-state index is -1.08. The first-order valence-electron chi connectivity index (χ1n) is 14.3. The number of nitrogens with two attached hydrogens (primary N) is 1. The Morgan fingerprint density at radius 3 is 2.05 bits per heavy atom. The van der Waals surface area contributed by atoms with Crippen molar-refractivity contribution in [1.29, 1.82) is 0 Å². The number of rotatable bonds is 11. The number of Topliss-reactive ketones (excluding diaryl/α,β-unsaturated/α-hetero) is 1. The van der Waals surface area contributed by atoms with Crippen LogP contribution in [0.5, 0.6) is 0 Å². The molecular weight excluding hydrogens is 500 g/mol. The summed E-state index contributed by atoms with van der Waals surface area (Å²) in [6.45, 7) is 15.4. The minimum absolute atomic E-state index is 0.0890. The zero-order valence-corrected chi connectivity index (χ0v) is 25.1. The summed E-state index contributed by atoms with van der Waals surface area (Å²) in [5.41, 5.74) is 3.88. The molecule has 0 radical (unpaired) electrons. The van der Waals surface area contributed by atoms with Crippen LogP contribution in [0.15, 0.2) is 0 Å². The summed E-state index contributed by atoms with van der Waals surface area (Å²) in [5, 5.41) is 5.49. The van der Waals surface area contributed by atoms with Gasteiger partial charge in [-0.05, 0) is 63.2 Å². The second-order valence-electron chi connectivity index (χ2n) is 13.8. The molecule has 0 bridgehead atoms. The topological polar surface area (TPSA) is 148 Å². The molecule has 4 amide bonds. The van der Waals surface area contributed by atoms with E-state index in [-0.39, 0.29) is 17.7 Å². The van der Waals surface area contributed by atoms with E-state index in [1.807, 2.05) is 20.8 Å². The molecule has 0 aromatic rings. The second kappa shape index (κ2) is 13.1. The van der Waals surface area contributed by atoms with Crippen LogP contribution in [-0.4, -0.2) is 64.8 Å². The van der Waals surface area contributed by atoms with Gasteiger partial charge in [0.2, 0.25) is 17.6 Å². The van der Waals surface area contributed by atoms with Crippen molar-refractivity contribution in [2.45, 2.75) is 124 Å². The fraction of sp³-hybridized carbons (Fsp3) is 0.828. The first-order chi connectivity index (χ1) is 17.9. The SMILES string of the molecule is CC(C)CC[C@H]1C[C@@H](C(=O)NC(CC2CCC2)C(=O)C(N)=O)N(C(=O)[C@@H](NC(=O)OC(C)(C)C)C(C)(C)C)C1. The monoisotopic (exact) mass is 550 g/mol. The van der Waals surface area contributed by atoms with E-state index >= 15 is 0 Å². The van der Waals surface area contributed by atoms with Crippen LogP contribution in [0.2, 0.25) is 0 Å². The molecule has 10 nitrogen and oxygen atoms in total. The lowest BCUT2D eigenvalue weighted by molar-refractivity contribution is -0.143. The van der Waals surface area contributed by atoms with Gasteiger partial charge in [-0.2, -0.15) is 0 Å². The number of carbonyl (C=O) groups excluding carboxylic acids is 5. The van der Waals surface area contributed by atoms with Crippen molar-refractivity contribution < 1.29 is 28.7 Å². The van der Waals surface area contributed by atoms with Crippen LogP contribution in [0.3, 0.4) is 0 Å². The average molecular weight is 551 g/mol. The molecule has 1 saturated carbocycles. The van der Waals surface area contributed by atoms with E-state index in [2.05, 4.69) is 24.5 Å². The number of ether oxygens (including phenoxy) is 1. The number of hydrogen-bond donors (Lipinski definition) is 3. The Morgan fingerprint density at radius 1 is 0.974 bits per heavy atom. The summed E-state index contributed by atoms with van der Waals surface area (Å²) in [6.07, 6.45) is 4.81. The van der Waals surface area contributed by atoms with Crippen molar-refractivity contribution in [3.63, 3.8) is 0 Å². The number of primary amides is 1. The lowest BCUT2D eigenvalue weighted by Gasteiger charge is -2.36. The summed E-state index contributed by atoms with van der Waals surface area (Å²) in [6, 6.07) is -2.78. The number of amides is 4. The maximum Gasteiger partial charge on any atom is 0.408 e. The van der Waals surface area contributed by atoms with Crippen LogP contribution in [-0.2, 0) is 23.9 Å². The normalized spacial score (nSPS) is 21.6. The predicted octanol–water partition coefficient (Wildman–Crippen LogP) is 3.31. The first-order valence-corrected chi connectivity index (χ1v) is 14.3. The van der Waals surface area contributed by atoms with Crippen molar-refractivity contribution in [2.75, 3.05) is 6.54 Å². The third-order valence-electron chi connectivity index (χ3n) is 7.57. The molecule has 1 unspecified atom stereocenters. The molecule has 2 fully saturated rings. The van der Waals surface area contributed by atoms with Crippen LogP contribution in [0.25, 0.3) is 0 Å². The average Bonchev–Trinajstić information content (AvgIpc) is 3.19. The number of nitrogens with zero attached hydrogens (tertiary/aromatic N) is 1. The quantitative estimate of drug-likeness (QED) is 0.336. The fourth-order valence-electron chi connectivity index (χ4n) is 5.17. The molecule has 0 aromatic heterocycles. The Morgan fingerprint density at radius 2 is 1.59 bits per heavy atom. The third kappa shape index (κ3) is 9.80. The van der Waals surface area contributed by atoms with E-state index in [4.69, 9.17) is 10.5 Å². The molecule has 0 spiro atoms. The van der Waals surface area contributed by atoms with Gasteiger partial charge in [0, 0.05) is 6.54 Å². The zero-order valence-electron chi connectivity index (χ0n) is 25.1. The molecule has 1 saturated heterocycles. The highest BCUT2D eigenvalue weighted by atomic mass is 16.6. The summed E-state index contributed by atoms with van der Waals surface area (Å²) < 4.78 is 5.41.